The van der Waals surface area contributed by atoms with Gasteiger partial charge in [-0.2, -0.15) is 0 Å². The van der Waals surface area contributed by atoms with E-state index in [0.717, 1.165) is 5.69 Å². The summed E-state index contributed by atoms with van der Waals surface area (Å²) in [6.07, 6.45) is 0. The summed E-state index contributed by atoms with van der Waals surface area (Å²) < 4.78 is 31.8. The van der Waals surface area contributed by atoms with Crippen LogP contribution in [-0.2, 0) is 16.6 Å². The minimum absolute atomic E-state index is 0.0100. The highest BCUT2D eigenvalue weighted by molar-refractivity contribution is 9.10. The molecule has 0 unspecified atom stereocenters. The van der Waals surface area contributed by atoms with Crippen molar-refractivity contribution in [3.05, 3.63) is 27.6 Å². The van der Waals surface area contributed by atoms with Gasteiger partial charge in [0.1, 0.15) is 10.7 Å². The molecule has 0 aliphatic rings. The molecule has 6 nitrogen and oxygen atoms in total. The molecule has 0 atom stereocenters. The summed E-state index contributed by atoms with van der Waals surface area (Å²) in [7, 11) is -3.72. The Kier molecular flexibility index (Phi) is 3.76. The van der Waals surface area contributed by atoms with Gasteiger partial charge in [-0.3, -0.25) is 4.72 Å². The lowest BCUT2D eigenvalue weighted by atomic mass is 10.5. The molecule has 18 heavy (non-hydrogen) atoms. The number of hydrogen-bond donors (Lipinski definition) is 2. The van der Waals surface area contributed by atoms with Gasteiger partial charge in [-0.15, -0.1) is 11.3 Å². The zero-order chi connectivity index (χ0) is 13.3. The molecule has 0 amide bonds. The summed E-state index contributed by atoms with van der Waals surface area (Å²) in [4.78, 5) is 4.05. The average molecular weight is 352 g/mol. The summed E-state index contributed by atoms with van der Waals surface area (Å²) >= 11 is 4.27. The van der Waals surface area contributed by atoms with E-state index in [1.807, 2.05) is 0 Å². The van der Waals surface area contributed by atoms with Crippen molar-refractivity contribution in [2.45, 2.75) is 18.4 Å². The van der Waals surface area contributed by atoms with Crippen LogP contribution < -0.4 is 10.5 Å². The number of sulfonamides is 1. The molecule has 0 aliphatic heterocycles. The van der Waals surface area contributed by atoms with Crippen molar-refractivity contribution >= 4 is 42.4 Å². The molecule has 0 bridgehead atoms. The summed E-state index contributed by atoms with van der Waals surface area (Å²) in [6.45, 7) is 1.92. The number of hydrogen-bond acceptors (Lipinski definition) is 6. The molecule has 0 fully saturated rings. The molecule has 2 aromatic rings. The number of thiazole rings is 1. The number of rotatable bonds is 4. The molecule has 2 rings (SSSR count). The quantitative estimate of drug-likeness (QED) is 0.878. The molecule has 0 radical (unpaired) electrons. The molecule has 98 valence electrons. The van der Waals surface area contributed by atoms with Gasteiger partial charge in [-0.25, -0.2) is 13.4 Å². The second-order valence-electron chi connectivity index (χ2n) is 3.45. The first-order valence-electron chi connectivity index (χ1n) is 4.85. The lowest BCUT2D eigenvalue weighted by Gasteiger charge is -2.02. The molecule has 0 saturated carbocycles. The van der Waals surface area contributed by atoms with E-state index >= 15 is 0 Å². The lowest BCUT2D eigenvalue weighted by molar-refractivity contribution is 0.484. The molecule has 2 heterocycles. The van der Waals surface area contributed by atoms with Gasteiger partial charge in [-0.1, -0.05) is 0 Å². The number of nitrogens with two attached hydrogens (primary N) is 1. The van der Waals surface area contributed by atoms with Crippen LogP contribution >= 0.6 is 27.3 Å². The van der Waals surface area contributed by atoms with Gasteiger partial charge in [0.15, 0.2) is 9.80 Å². The van der Waals surface area contributed by atoms with E-state index in [4.69, 9.17) is 10.2 Å². The molecular formula is C9H10BrN3O3S2. The molecule has 0 saturated heterocycles. The topological polar surface area (TPSA) is 98.2 Å². The van der Waals surface area contributed by atoms with Crippen LogP contribution in [0.3, 0.4) is 0 Å². The van der Waals surface area contributed by atoms with E-state index < -0.39 is 10.0 Å². The molecule has 0 aromatic carbocycles. The fraction of sp³-hybridized carbons (Fsp3) is 0.222. The van der Waals surface area contributed by atoms with Crippen molar-refractivity contribution in [3.8, 4) is 0 Å². The highest BCUT2D eigenvalue weighted by Gasteiger charge is 2.23. The minimum Gasteiger partial charge on any atom is -0.452 e. The fourth-order valence-electron chi connectivity index (χ4n) is 1.25. The van der Waals surface area contributed by atoms with Gasteiger partial charge in [-0.05, 0) is 22.9 Å². The van der Waals surface area contributed by atoms with E-state index in [9.17, 15) is 8.42 Å². The Hall–Kier alpha value is -0.900. The Labute approximate surface area is 116 Å². The first-order valence-corrected chi connectivity index (χ1v) is 8.01. The molecule has 0 spiro atoms. The van der Waals surface area contributed by atoms with Crippen LogP contribution in [0.5, 0.6) is 0 Å². The Bertz CT molecular complexity index is 662. The zero-order valence-corrected chi connectivity index (χ0v) is 12.5. The van der Waals surface area contributed by atoms with Gasteiger partial charge < -0.3 is 10.2 Å². The van der Waals surface area contributed by atoms with Gasteiger partial charge >= 0.3 is 0 Å². The van der Waals surface area contributed by atoms with Crippen molar-refractivity contribution in [2.24, 2.45) is 5.73 Å². The summed E-state index contributed by atoms with van der Waals surface area (Å²) in [6, 6.07) is 1.38. The Morgan fingerprint density at radius 1 is 1.61 bits per heavy atom. The van der Waals surface area contributed by atoms with Crippen molar-refractivity contribution in [1.29, 1.82) is 0 Å². The third-order valence-corrected chi connectivity index (χ3v) is 5.24. The van der Waals surface area contributed by atoms with Gasteiger partial charge in [0.25, 0.3) is 10.0 Å². The number of aryl methyl sites for hydroxylation is 1. The predicted octanol–water partition coefficient (Wildman–Crippen LogP) is 2.07. The first-order chi connectivity index (χ1) is 8.42. The zero-order valence-electron chi connectivity index (χ0n) is 9.31. The molecular weight excluding hydrogens is 342 g/mol. The summed E-state index contributed by atoms with van der Waals surface area (Å²) in [5.41, 5.74) is 6.15. The van der Waals surface area contributed by atoms with E-state index in [1.54, 1.807) is 12.3 Å². The smallest absolute Gasteiger partial charge is 0.268 e. The van der Waals surface area contributed by atoms with Crippen LogP contribution in [0.2, 0.25) is 0 Å². The van der Waals surface area contributed by atoms with Crippen LogP contribution in [0.25, 0.3) is 0 Å². The monoisotopic (exact) mass is 351 g/mol. The van der Waals surface area contributed by atoms with Gasteiger partial charge in [0.05, 0.1) is 12.2 Å². The van der Waals surface area contributed by atoms with Crippen LogP contribution in [0, 0.1) is 6.92 Å². The number of furan rings is 1. The standard InChI is InChI=1S/C9H10BrN3O3S2/c1-5-4-17-9(12-5)13-18(14,15)7-2-6(3-11)16-8(7)10/h2,4H,3,11H2,1H3,(H,12,13). The average Bonchev–Trinajstić information content (AvgIpc) is 2.84. The highest BCUT2D eigenvalue weighted by atomic mass is 79.9. The normalized spacial score (nSPS) is 11.7. The van der Waals surface area contributed by atoms with Crippen LogP contribution in [0.1, 0.15) is 11.5 Å². The summed E-state index contributed by atoms with van der Waals surface area (Å²) in [5.74, 6) is 0.387. The third-order valence-electron chi connectivity index (χ3n) is 2.04. The maximum absolute atomic E-state index is 12.1. The van der Waals surface area contributed by atoms with Crippen LogP contribution in [0.15, 0.2) is 25.4 Å². The maximum atomic E-state index is 12.1. The van der Waals surface area contributed by atoms with Gasteiger partial charge in [0.2, 0.25) is 0 Å². The van der Waals surface area contributed by atoms with E-state index in [0.29, 0.717) is 10.9 Å². The number of anilines is 1. The minimum atomic E-state index is -3.72. The Morgan fingerprint density at radius 2 is 2.33 bits per heavy atom. The largest absolute Gasteiger partial charge is 0.452 e. The van der Waals surface area contributed by atoms with E-state index in [1.165, 1.54) is 17.4 Å². The first kappa shape index (κ1) is 13.5. The molecule has 9 heteroatoms. The Balaban J connectivity index is 2.33. The van der Waals surface area contributed by atoms with Crippen LogP contribution in [0.4, 0.5) is 5.13 Å². The Morgan fingerprint density at radius 3 is 2.83 bits per heavy atom. The second-order valence-corrected chi connectivity index (χ2v) is 6.68. The number of nitrogens with one attached hydrogen (secondary N) is 1. The number of aromatic nitrogens is 1. The molecule has 3 N–H and O–H groups in total. The summed E-state index contributed by atoms with van der Waals surface area (Å²) in [5, 5.41) is 2.07. The fourth-order valence-corrected chi connectivity index (χ4v) is 4.19. The number of nitrogens with zero attached hydrogens (tertiary/aromatic N) is 1. The van der Waals surface area contributed by atoms with Crippen molar-refractivity contribution in [1.82, 2.24) is 4.98 Å². The highest BCUT2D eigenvalue weighted by Crippen LogP contribution is 2.28. The van der Waals surface area contributed by atoms with Crippen molar-refractivity contribution in [3.63, 3.8) is 0 Å². The molecule has 0 aliphatic carbocycles. The van der Waals surface area contributed by atoms with E-state index in [2.05, 4.69) is 25.6 Å². The van der Waals surface area contributed by atoms with Crippen molar-refractivity contribution in [2.75, 3.05) is 4.72 Å². The maximum Gasteiger partial charge on any atom is 0.268 e. The van der Waals surface area contributed by atoms with Gasteiger partial charge in [0, 0.05) is 11.4 Å². The van der Waals surface area contributed by atoms with Crippen molar-refractivity contribution < 1.29 is 12.8 Å². The van der Waals surface area contributed by atoms with Crippen LogP contribution in [-0.4, -0.2) is 13.4 Å². The SMILES string of the molecule is Cc1csc(NS(=O)(=O)c2cc(CN)oc2Br)n1. The lowest BCUT2D eigenvalue weighted by Crippen LogP contribution is -2.12. The van der Waals surface area contributed by atoms with E-state index in [-0.39, 0.29) is 16.1 Å². The second kappa shape index (κ2) is 5.00. The molecule has 2 aromatic heterocycles. The predicted molar refractivity (Wildman–Crippen MR) is 72.0 cm³/mol. The third kappa shape index (κ3) is 2.74. The number of halogens is 1.